The molecule has 0 spiro atoms. The molecule has 0 amide bonds. The molecular formula is C26H28FNO5. The summed E-state index contributed by atoms with van der Waals surface area (Å²) >= 11 is 0. The molecule has 5 rings (SSSR count). The van der Waals surface area contributed by atoms with Gasteiger partial charge >= 0.3 is 0 Å². The van der Waals surface area contributed by atoms with E-state index in [1.54, 1.807) is 38.7 Å². The standard InChI is InChI=1S/C26H28FNO5/c1-30-23-9-5-17(11-24(23)31-2)21-14-32-26-19(25(21)29)8-10-22-20(26)13-28(15-33-22)12-16-3-6-18(27)7-4-16/h3-7,9,11,14,19-20,22,26H,8,10,12-13,15H2,1-2H3. The fourth-order valence-electron chi connectivity index (χ4n) is 5.27. The van der Waals surface area contributed by atoms with Crippen LogP contribution in [0.25, 0.3) is 5.57 Å². The maximum atomic E-state index is 13.5. The number of nitrogens with zero attached hydrogens (tertiary/aromatic N) is 1. The van der Waals surface area contributed by atoms with Gasteiger partial charge in [0.25, 0.3) is 0 Å². The molecule has 6 nitrogen and oxygen atoms in total. The number of fused-ring (bicyclic) bond motifs is 3. The predicted molar refractivity (Wildman–Crippen MR) is 120 cm³/mol. The number of allylic oxidation sites excluding steroid dienone is 1. The van der Waals surface area contributed by atoms with Crippen molar-refractivity contribution in [1.82, 2.24) is 4.90 Å². The van der Waals surface area contributed by atoms with Crippen LogP contribution in [0.5, 0.6) is 11.5 Å². The number of Topliss-reactive ketones (excluding diaryl/α,β-unsaturated/α-hetero) is 1. The van der Waals surface area contributed by atoms with Crippen LogP contribution in [0.3, 0.4) is 0 Å². The van der Waals surface area contributed by atoms with Gasteiger partial charge in [-0.15, -0.1) is 0 Å². The lowest BCUT2D eigenvalue weighted by Crippen LogP contribution is -2.56. The summed E-state index contributed by atoms with van der Waals surface area (Å²) in [6.07, 6.45) is 3.06. The first kappa shape index (κ1) is 21.9. The van der Waals surface area contributed by atoms with Crippen molar-refractivity contribution in [3.05, 3.63) is 65.7 Å². The van der Waals surface area contributed by atoms with Gasteiger partial charge in [-0.1, -0.05) is 18.2 Å². The van der Waals surface area contributed by atoms with Crippen molar-refractivity contribution in [3.8, 4) is 11.5 Å². The quantitative estimate of drug-likeness (QED) is 0.681. The monoisotopic (exact) mass is 453 g/mol. The number of ether oxygens (including phenoxy) is 4. The molecule has 3 aliphatic rings. The van der Waals surface area contributed by atoms with Crippen molar-refractivity contribution in [2.24, 2.45) is 11.8 Å². The fraction of sp³-hybridized carbons (Fsp3) is 0.423. The van der Waals surface area contributed by atoms with Gasteiger partial charge in [0.1, 0.15) is 11.9 Å². The lowest BCUT2D eigenvalue weighted by molar-refractivity contribution is -0.171. The first-order valence-corrected chi connectivity index (χ1v) is 11.3. The molecule has 2 aliphatic heterocycles. The molecule has 1 saturated heterocycles. The van der Waals surface area contributed by atoms with Crippen LogP contribution in [-0.4, -0.2) is 50.4 Å². The number of benzene rings is 2. The largest absolute Gasteiger partial charge is 0.496 e. The van der Waals surface area contributed by atoms with Gasteiger partial charge in [0.15, 0.2) is 17.3 Å². The fourth-order valence-corrected chi connectivity index (χ4v) is 5.27. The summed E-state index contributed by atoms with van der Waals surface area (Å²) in [5.74, 6) is 0.957. The molecule has 2 fully saturated rings. The third-order valence-electron chi connectivity index (χ3n) is 6.96. The van der Waals surface area contributed by atoms with Gasteiger partial charge in [-0.25, -0.2) is 4.39 Å². The van der Waals surface area contributed by atoms with Crippen LogP contribution < -0.4 is 9.47 Å². The lowest BCUT2D eigenvalue weighted by atomic mass is 9.71. The maximum Gasteiger partial charge on any atom is 0.173 e. The Bertz CT molecular complexity index is 1050. The van der Waals surface area contributed by atoms with Gasteiger partial charge in [0.2, 0.25) is 0 Å². The zero-order valence-corrected chi connectivity index (χ0v) is 18.8. The molecule has 1 aliphatic carbocycles. The summed E-state index contributed by atoms with van der Waals surface area (Å²) in [7, 11) is 3.16. The van der Waals surface area contributed by atoms with E-state index in [2.05, 4.69) is 4.90 Å². The SMILES string of the molecule is COc1ccc(C2=COC3C(CCC4OCN(Cc5ccc(F)cc5)CC43)C2=O)cc1OC. The number of halogens is 1. The highest BCUT2D eigenvalue weighted by molar-refractivity contribution is 6.22. The van der Waals surface area contributed by atoms with Crippen LogP contribution in [0.15, 0.2) is 48.7 Å². The highest BCUT2D eigenvalue weighted by Gasteiger charge is 2.49. The van der Waals surface area contributed by atoms with E-state index in [1.807, 2.05) is 12.1 Å². The molecule has 33 heavy (non-hydrogen) atoms. The van der Waals surface area contributed by atoms with Gasteiger partial charge in [-0.05, 0) is 48.2 Å². The number of carbonyl (C=O) groups excluding carboxylic acids is 1. The van der Waals surface area contributed by atoms with Crippen molar-refractivity contribution >= 4 is 11.4 Å². The highest BCUT2D eigenvalue weighted by atomic mass is 19.1. The minimum absolute atomic E-state index is 0.0829. The van der Waals surface area contributed by atoms with E-state index >= 15 is 0 Å². The van der Waals surface area contributed by atoms with Crippen molar-refractivity contribution in [1.29, 1.82) is 0 Å². The first-order valence-electron chi connectivity index (χ1n) is 11.3. The average Bonchev–Trinajstić information content (AvgIpc) is 2.85. The Morgan fingerprint density at radius 1 is 1.06 bits per heavy atom. The van der Waals surface area contributed by atoms with Crippen LogP contribution in [-0.2, 0) is 20.8 Å². The molecule has 2 heterocycles. The Balaban J connectivity index is 1.34. The molecule has 4 unspecified atom stereocenters. The van der Waals surface area contributed by atoms with E-state index < -0.39 is 0 Å². The summed E-state index contributed by atoms with van der Waals surface area (Å²) in [5.41, 5.74) is 2.36. The average molecular weight is 454 g/mol. The second-order valence-electron chi connectivity index (χ2n) is 8.89. The molecular weight excluding hydrogens is 425 g/mol. The van der Waals surface area contributed by atoms with Crippen molar-refractivity contribution in [2.75, 3.05) is 27.5 Å². The van der Waals surface area contributed by atoms with Gasteiger partial charge < -0.3 is 18.9 Å². The van der Waals surface area contributed by atoms with Crippen molar-refractivity contribution in [2.45, 2.75) is 31.6 Å². The minimum atomic E-state index is -0.241. The zero-order chi connectivity index (χ0) is 22.9. The van der Waals surface area contributed by atoms with Crippen LogP contribution in [0.1, 0.15) is 24.0 Å². The Kier molecular flexibility index (Phi) is 6.08. The first-order chi connectivity index (χ1) is 16.1. The summed E-state index contributed by atoms with van der Waals surface area (Å²) in [6.45, 7) is 1.97. The molecule has 174 valence electrons. The molecule has 1 saturated carbocycles. The van der Waals surface area contributed by atoms with Gasteiger partial charge in [-0.2, -0.15) is 0 Å². The number of rotatable bonds is 5. The predicted octanol–water partition coefficient (Wildman–Crippen LogP) is 4.04. The normalized spacial score (nSPS) is 27.1. The molecule has 7 heteroatoms. The topological polar surface area (TPSA) is 57.2 Å². The molecule has 4 atom stereocenters. The number of ketones is 1. The van der Waals surface area contributed by atoms with Crippen LogP contribution in [0, 0.1) is 17.7 Å². The molecule has 2 aromatic carbocycles. The van der Waals surface area contributed by atoms with Crippen LogP contribution >= 0.6 is 0 Å². The number of carbonyl (C=O) groups is 1. The second-order valence-corrected chi connectivity index (χ2v) is 8.89. The number of hydrogen-bond acceptors (Lipinski definition) is 6. The second kappa shape index (κ2) is 9.15. The summed E-state index contributed by atoms with van der Waals surface area (Å²) in [5, 5.41) is 0. The zero-order valence-electron chi connectivity index (χ0n) is 18.8. The van der Waals surface area contributed by atoms with Crippen LogP contribution in [0.2, 0.25) is 0 Å². The number of hydrogen-bond donors (Lipinski definition) is 0. The van der Waals surface area contributed by atoms with Crippen molar-refractivity contribution in [3.63, 3.8) is 0 Å². The Labute approximate surface area is 192 Å². The van der Waals surface area contributed by atoms with E-state index in [0.29, 0.717) is 30.3 Å². The van der Waals surface area contributed by atoms with E-state index in [9.17, 15) is 9.18 Å². The third-order valence-corrected chi connectivity index (χ3v) is 6.96. The van der Waals surface area contributed by atoms with E-state index in [1.165, 1.54) is 12.1 Å². The van der Waals surface area contributed by atoms with Crippen molar-refractivity contribution < 1.29 is 28.1 Å². The van der Waals surface area contributed by atoms with Gasteiger partial charge in [0.05, 0.1) is 44.8 Å². The van der Waals surface area contributed by atoms with Gasteiger partial charge in [-0.3, -0.25) is 9.69 Å². The van der Waals surface area contributed by atoms with Gasteiger partial charge in [0, 0.05) is 19.0 Å². The molecule has 0 aromatic heterocycles. The highest BCUT2D eigenvalue weighted by Crippen LogP contribution is 2.43. The van der Waals surface area contributed by atoms with E-state index in [0.717, 1.165) is 30.5 Å². The molecule has 0 radical (unpaired) electrons. The summed E-state index contributed by atoms with van der Waals surface area (Å²) < 4.78 is 36.3. The number of methoxy groups -OCH3 is 2. The smallest absolute Gasteiger partial charge is 0.173 e. The van der Waals surface area contributed by atoms with E-state index in [-0.39, 0.29) is 35.6 Å². The Hall–Kier alpha value is -2.90. The summed E-state index contributed by atoms with van der Waals surface area (Å²) in [6, 6.07) is 12.0. The molecule has 2 aromatic rings. The Morgan fingerprint density at radius 3 is 2.61 bits per heavy atom. The maximum absolute atomic E-state index is 13.5. The molecule has 0 N–H and O–H groups in total. The lowest BCUT2D eigenvalue weighted by Gasteiger charge is -2.48. The van der Waals surface area contributed by atoms with Crippen LogP contribution in [0.4, 0.5) is 4.39 Å². The summed E-state index contributed by atoms with van der Waals surface area (Å²) in [4.78, 5) is 15.7. The third kappa shape index (κ3) is 4.23. The molecule has 0 bridgehead atoms. The minimum Gasteiger partial charge on any atom is -0.496 e. The Morgan fingerprint density at radius 2 is 1.85 bits per heavy atom. The van der Waals surface area contributed by atoms with E-state index in [4.69, 9.17) is 18.9 Å².